The van der Waals surface area contributed by atoms with Gasteiger partial charge in [0.15, 0.2) is 12.6 Å². The van der Waals surface area contributed by atoms with Crippen LogP contribution < -0.4 is 9.64 Å². The van der Waals surface area contributed by atoms with Crippen LogP contribution in [0.25, 0.3) is 11.3 Å². The predicted octanol–water partition coefficient (Wildman–Crippen LogP) is 4.13. The minimum absolute atomic E-state index is 0.0297. The molecule has 172 valence electrons. The SMILES string of the molecule is COCOc1cc(Cl)ccc1-c1ccc(N(C)[C@@H]2C[C@H]3CC(F)(F)[C@@H](C2)N3C(=O)O)nn1. The average molecular weight is 469 g/mol. The fraction of sp³-hybridized carbons (Fsp3) is 0.476. The summed E-state index contributed by atoms with van der Waals surface area (Å²) in [5.41, 5.74) is 1.23. The standard InChI is InChI=1S/C21H23ClF2N4O4/c1-27(13-8-14-10-21(23,24)18(9-13)28(14)20(29)30)19-6-5-16(25-26-19)15-4-3-12(22)7-17(15)32-11-31-2/h3-7,13-14,18H,8-11H2,1-2H3,(H,29,30)/t13-,14+,18-/m1/s1. The predicted molar refractivity (Wildman–Crippen MR) is 113 cm³/mol. The lowest BCUT2D eigenvalue weighted by Gasteiger charge is -2.41. The smallest absolute Gasteiger partial charge is 0.408 e. The van der Waals surface area contributed by atoms with E-state index in [-0.39, 0.29) is 19.3 Å². The molecular weight excluding hydrogens is 446 g/mol. The lowest BCUT2D eigenvalue weighted by Crippen LogP contribution is -2.54. The second kappa shape index (κ2) is 8.67. The van der Waals surface area contributed by atoms with E-state index in [1.165, 1.54) is 7.11 Å². The Labute approximate surface area is 188 Å². The Hall–Kier alpha value is -2.72. The van der Waals surface area contributed by atoms with Gasteiger partial charge in [0.2, 0.25) is 0 Å². The summed E-state index contributed by atoms with van der Waals surface area (Å²) in [5.74, 6) is -2.02. The lowest BCUT2D eigenvalue weighted by molar-refractivity contribution is -0.0363. The summed E-state index contributed by atoms with van der Waals surface area (Å²) in [4.78, 5) is 14.2. The first kappa shape index (κ1) is 22.5. The van der Waals surface area contributed by atoms with Crippen molar-refractivity contribution in [3.05, 3.63) is 35.4 Å². The number of amides is 1. The van der Waals surface area contributed by atoms with Gasteiger partial charge in [0.05, 0.1) is 5.69 Å². The zero-order chi connectivity index (χ0) is 23.0. The highest BCUT2D eigenvalue weighted by molar-refractivity contribution is 6.30. The molecule has 11 heteroatoms. The van der Waals surface area contributed by atoms with E-state index in [0.717, 1.165) is 4.90 Å². The molecule has 32 heavy (non-hydrogen) atoms. The van der Waals surface area contributed by atoms with Gasteiger partial charge in [-0.25, -0.2) is 13.6 Å². The molecule has 3 atom stereocenters. The first-order chi connectivity index (χ1) is 15.2. The molecule has 8 nitrogen and oxygen atoms in total. The van der Waals surface area contributed by atoms with Crippen LogP contribution in [0.3, 0.4) is 0 Å². The van der Waals surface area contributed by atoms with Crippen molar-refractivity contribution >= 4 is 23.5 Å². The van der Waals surface area contributed by atoms with Crippen LogP contribution in [-0.2, 0) is 4.74 Å². The van der Waals surface area contributed by atoms with Crippen molar-refractivity contribution in [2.45, 2.75) is 43.3 Å². The maximum Gasteiger partial charge on any atom is 0.408 e. The zero-order valence-corrected chi connectivity index (χ0v) is 18.3. The number of halogens is 3. The molecule has 2 aliphatic heterocycles. The summed E-state index contributed by atoms with van der Waals surface area (Å²) in [5, 5.41) is 18.4. The van der Waals surface area contributed by atoms with Gasteiger partial charge in [-0.3, -0.25) is 4.90 Å². The first-order valence-corrected chi connectivity index (χ1v) is 10.5. The van der Waals surface area contributed by atoms with Crippen molar-refractivity contribution in [2.24, 2.45) is 0 Å². The van der Waals surface area contributed by atoms with Gasteiger partial charge in [0.1, 0.15) is 11.8 Å². The van der Waals surface area contributed by atoms with Gasteiger partial charge in [-0.1, -0.05) is 11.6 Å². The first-order valence-electron chi connectivity index (χ1n) is 10.1. The van der Waals surface area contributed by atoms with E-state index in [0.29, 0.717) is 34.3 Å². The molecule has 1 amide bonds. The summed E-state index contributed by atoms with van der Waals surface area (Å²) < 4.78 is 39.2. The summed E-state index contributed by atoms with van der Waals surface area (Å²) >= 11 is 6.06. The second-order valence-corrected chi connectivity index (χ2v) is 8.47. The Morgan fingerprint density at radius 3 is 2.72 bits per heavy atom. The number of anilines is 1. The number of carbonyl (C=O) groups is 1. The van der Waals surface area contributed by atoms with Crippen molar-refractivity contribution in [1.29, 1.82) is 0 Å². The highest BCUT2D eigenvalue weighted by atomic mass is 35.5. The molecular formula is C21H23ClF2N4O4. The van der Waals surface area contributed by atoms with Gasteiger partial charge in [0, 0.05) is 43.2 Å². The number of nitrogens with zero attached hydrogens (tertiary/aromatic N) is 4. The van der Waals surface area contributed by atoms with Crippen LogP contribution in [-0.4, -0.2) is 71.3 Å². The number of ether oxygens (including phenoxy) is 2. The van der Waals surface area contributed by atoms with Gasteiger partial charge in [-0.2, -0.15) is 0 Å². The van der Waals surface area contributed by atoms with Crippen LogP contribution in [0.1, 0.15) is 19.3 Å². The number of piperidine rings is 1. The third kappa shape index (κ3) is 4.16. The van der Waals surface area contributed by atoms with Crippen LogP contribution in [0.2, 0.25) is 5.02 Å². The van der Waals surface area contributed by atoms with E-state index in [1.807, 2.05) is 0 Å². The topological polar surface area (TPSA) is 88.0 Å². The molecule has 2 fully saturated rings. The van der Waals surface area contributed by atoms with Crippen molar-refractivity contribution in [1.82, 2.24) is 15.1 Å². The molecule has 2 saturated heterocycles. The third-order valence-corrected chi connectivity index (χ3v) is 6.33. The minimum atomic E-state index is -3.03. The number of alkyl halides is 2. The van der Waals surface area contributed by atoms with Gasteiger partial charge in [0.25, 0.3) is 5.92 Å². The van der Waals surface area contributed by atoms with Gasteiger partial charge < -0.3 is 19.5 Å². The number of hydrogen-bond donors (Lipinski definition) is 1. The van der Waals surface area contributed by atoms with Crippen LogP contribution in [0.5, 0.6) is 5.75 Å². The maximum atomic E-state index is 14.4. The molecule has 0 aliphatic carbocycles. The fourth-order valence-corrected chi connectivity index (χ4v) is 4.72. The number of aromatic nitrogens is 2. The number of methoxy groups -OCH3 is 1. The number of fused-ring (bicyclic) bond motifs is 2. The number of hydrogen-bond acceptors (Lipinski definition) is 6. The molecule has 1 aromatic carbocycles. The second-order valence-electron chi connectivity index (χ2n) is 8.03. The van der Waals surface area contributed by atoms with Crippen molar-refractivity contribution < 1.29 is 28.2 Å². The molecule has 0 spiro atoms. The van der Waals surface area contributed by atoms with Crippen molar-refractivity contribution in [2.75, 3.05) is 25.9 Å². The monoisotopic (exact) mass is 468 g/mol. The normalized spacial score (nSPS) is 23.8. The number of benzene rings is 1. The molecule has 1 aromatic heterocycles. The van der Waals surface area contributed by atoms with Gasteiger partial charge >= 0.3 is 6.09 Å². The Bertz CT molecular complexity index is 994. The van der Waals surface area contributed by atoms with Crippen LogP contribution in [0.4, 0.5) is 19.4 Å². The van der Waals surface area contributed by atoms with E-state index < -0.39 is 30.5 Å². The van der Waals surface area contributed by atoms with E-state index in [4.69, 9.17) is 21.1 Å². The summed E-state index contributed by atoms with van der Waals surface area (Å²) in [6.45, 7) is 0.0452. The molecule has 0 saturated carbocycles. The van der Waals surface area contributed by atoms with Crippen LogP contribution >= 0.6 is 11.6 Å². The highest BCUT2D eigenvalue weighted by Gasteiger charge is 2.59. The van der Waals surface area contributed by atoms with Crippen LogP contribution in [0, 0.1) is 0 Å². The molecule has 3 heterocycles. The van der Waals surface area contributed by atoms with E-state index in [9.17, 15) is 18.7 Å². The average Bonchev–Trinajstić information content (AvgIpc) is 2.93. The maximum absolute atomic E-state index is 14.4. The summed E-state index contributed by atoms with van der Waals surface area (Å²) in [7, 11) is 3.27. The zero-order valence-electron chi connectivity index (χ0n) is 17.5. The van der Waals surface area contributed by atoms with E-state index >= 15 is 0 Å². The number of rotatable bonds is 6. The lowest BCUT2D eigenvalue weighted by atomic mass is 9.96. The molecule has 2 bridgehead atoms. The molecule has 2 aromatic rings. The van der Waals surface area contributed by atoms with Crippen molar-refractivity contribution in [3.63, 3.8) is 0 Å². The molecule has 1 N–H and O–H groups in total. The van der Waals surface area contributed by atoms with E-state index in [2.05, 4.69) is 10.2 Å². The largest absolute Gasteiger partial charge is 0.467 e. The van der Waals surface area contributed by atoms with E-state index in [1.54, 1.807) is 42.3 Å². The Balaban J connectivity index is 1.53. The summed E-state index contributed by atoms with van der Waals surface area (Å²) in [6, 6.07) is 6.34. The Kier molecular flexibility index (Phi) is 6.09. The Morgan fingerprint density at radius 1 is 1.31 bits per heavy atom. The summed E-state index contributed by atoms with van der Waals surface area (Å²) in [6.07, 6.45) is -1.40. The number of carboxylic acid groups (broad SMARTS) is 1. The van der Waals surface area contributed by atoms with Crippen molar-refractivity contribution in [3.8, 4) is 17.0 Å². The molecule has 2 aliphatic rings. The Morgan fingerprint density at radius 2 is 2.09 bits per heavy atom. The quantitative estimate of drug-likeness (QED) is 0.637. The third-order valence-electron chi connectivity index (χ3n) is 6.10. The van der Waals surface area contributed by atoms with Crippen LogP contribution in [0.15, 0.2) is 30.3 Å². The molecule has 0 unspecified atom stereocenters. The fourth-order valence-electron chi connectivity index (χ4n) is 4.56. The molecule has 4 rings (SSSR count). The van der Waals surface area contributed by atoms with Gasteiger partial charge in [-0.05, 0) is 43.2 Å². The molecule has 0 radical (unpaired) electrons. The minimum Gasteiger partial charge on any atom is -0.467 e. The highest BCUT2D eigenvalue weighted by Crippen LogP contribution is 2.47. The van der Waals surface area contributed by atoms with Gasteiger partial charge in [-0.15, -0.1) is 10.2 Å².